The Kier molecular flexibility index (Phi) is 6.07. The maximum absolute atomic E-state index is 12.2. The van der Waals surface area contributed by atoms with Gasteiger partial charge in [0.2, 0.25) is 0 Å². The van der Waals surface area contributed by atoms with Gasteiger partial charge in [0, 0.05) is 31.4 Å². The number of amides is 2. The molecule has 1 aliphatic heterocycles. The van der Waals surface area contributed by atoms with Crippen LogP contribution in [0.25, 0.3) is 0 Å². The van der Waals surface area contributed by atoms with Gasteiger partial charge in [-0.3, -0.25) is 4.90 Å². The Hall–Kier alpha value is -2.33. The first-order chi connectivity index (χ1) is 12.2. The summed E-state index contributed by atoms with van der Waals surface area (Å²) in [5.74, 6) is 0. The van der Waals surface area contributed by atoms with E-state index in [2.05, 4.69) is 58.9 Å². The molecule has 1 fully saturated rings. The Bertz CT molecular complexity index is 661. The molecule has 2 aromatic carbocycles. The second-order valence-corrected chi connectivity index (χ2v) is 6.68. The number of rotatable bonds is 5. The fourth-order valence-corrected chi connectivity index (χ4v) is 3.25. The normalized spacial score (nSPS) is 15.7. The summed E-state index contributed by atoms with van der Waals surface area (Å²) in [5.41, 5.74) is 3.47. The second-order valence-electron chi connectivity index (χ2n) is 6.68. The Morgan fingerprint density at radius 3 is 2.32 bits per heavy atom. The smallest absolute Gasteiger partial charge is 0.319 e. The van der Waals surface area contributed by atoms with Crippen LogP contribution in [0.3, 0.4) is 0 Å². The molecule has 1 heterocycles. The first kappa shape index (κ1) is 17.5. The summed E-state index contributed by atoms with van der Waals surface area (Å²) in [6, 6.07) is 18.7. The van der Waals surface area contributed by atoms with Gasteiger partial charge >= 0.3 is 6.03 Å². The third-order valence-electron chi connectivity index (χ3n) is 4.79. The van der Waals surface area contributed by atoms with Crippen molar-refractivity contribution in [1.82, 2.24) is 10.2 Å². The fraction of sp³-hybridized carbons (Fsp3) is 0.381. The lowest BCUT2D eigenvalue weighted by Gasteiger charge is -2.32. The standard InChI is InChI=1S/C21H27N3O/c1-2-17-8-10-19(11-9-17)22-21(25)23-20-12-14-24(15-13-20)16-18-6-4-3-5-7-18/h3-11,20H,2,12-16H2,1H3,(H2,22,23,25). The highest BCUT2D eigenvalue weighted by molar-refractivity contribution is 5.89. The first-order valence-electron chi connectivity index (χ1n) is 9.15. The van der Waals surface area contributed by atoms with E-state index in [1.165, 1.54) is 11.1 Å². The van der Waals surface area contributed by atoms with Crippen LogP contribution < -0.4 is 10.6 Å². The summed E-state index contributed by atoms with van der Waals surface area (Å²) in [5, 5.41) is 6.03. The average molecular weight is 337 g/mol. The number of urea groups is 1. The quantitative estimate of drug-likeness (QED) is 0.865. The van der Waals surface area contributed by atoms with E-state index in [-0.39, 0.29) is 12.1 Å². The van der Waals surface area contributed by atoms with Gasteiger partial charge < -0.3 is 10.6 Å². The molecule has 132 valence electrons. The molecule has 2 N–H and O–H groups in total. The summed E-state index contributed by atoms with van der Waals surface area (Å²) in [4.78, 5) is 14.6. The molecule has 0 bridgehead atoms. The minimum absolute atomic E-state index is 0.106. The monoisotopic (exact) mass is 337 g/mol. The topological polar surface area (TPSA) is 44.4 Å². The molecule has 0 unspecified atom stereocenters. The van der Waals surface area contributed by atoms with Crippen molar-refractivity contribution >= 4 is 11.7 Å². The minimum atomic E-state index is -0.106. The van der Waals surface area contributed by atoms with Gasteiger partial charge in [-0.25, -0.2) is 4.79 Å². The Morgan fingerprint density at radius 2 is 1.68 bits per heavy atom. The van der Waals surface area contributed by atoms with E-state index >= 15 is 0 Å². The molecule has 0 saturated carbocycles. The number of benzene rings is 2. The van der Waals surface area contributed by atoms with Crippen molar-refractivity contribution in [3.8, 4) is 0 Å². The zero-order chi connectivity index (χ0) is 17.5. The molecule has 0 spiro atoms. The molecule has 3 rings (SSSR count). The van der Waals surface area contributed by atoms with E-state index in [1.54, 1.807) is 0 Å². The van der Waals surface area contributed by atoms with Crippen molar-refractivity contribution in [2.45, 2.75) is 38.8 Å². The van der Waals surface area contributed by atoms with Crippen LogP contribution in [0, 0.1) is 0 Å². The van der Waals surface area contributed by atoms with Crippen LogP contribution in [0.2, 0.25) is 0 Å². The number of carbonyl (C=O) groups is 1. The van der Waals surface area contributed by atoms with Crippen LogP contribution in [0.5, 0.6) is 0 Å². The molecular formula is C21H27N3O. The van der Waals surface area contributed by atoms with Crippen LogP contribution in [0.4, 0.5) is 10.5 Å². The summed E-state index contributed by atoms with van der Waals surface area (Å²) in [6.07, 6.45) is 3.00. The molecule has 0 aliphatic carbocycles. The van der Waals surface area contributed by atoms with Gasteiger partial charge in [-0.05, 0) is 42.5 Å². The average Bonchev–Trinajstić information content (AvgIpc) is 2.65. The van der Waals surface area contributed by atoms with E-state index in [0.717, 1.165) is 44.6 Å². The van der Waals surface area contributed by atoms with Gasteiger partial charge in [-0.2, -0.15) is 0 Å². The molecule has 0 aromatic heterocycles. The number of carbonyl (C=O) groups excluding carboxylic acids is 1. The third-order valence-corrected chi connectivity index (χ3v) is 4.79. The first-order valence-corrected chi connectivity index (χ1v) is 9.15. The van der Waals surface area contributed by atoms with E-state index in [1.807, 2.05) is 18.2 Å². The maximum atomic E-state index is 12.2. The zero-order valence-electron chi connectivity index (χ0n) is 14.9. The van der Waals surface area contributed by atoms with Gasteiger partial charge in [0.1, 0.15) is 0 Å². The van der Waals surface area contributed by atoms with Crippen molar-refractivity contribution in [2.24, 2.45) is 0 Å². The highest BCUT2D eigenvalue weighted by Gasteiger charge is 2.20. The molecule has 4 nitrogen and oxygen atoms in total. The maximum Gasteiger partial charge on any atom is 0.319 e. The van der Waals surface area contributed by atoms with Crippen LogP contribution in [-0.2, 0) is 13.0 Å². The second kappa shape index (κ2) is 8.67. The number of piperidine rings is 1. The molecule has 1 saturated heterocycles. The Morgan fingerprint density at radius 1 is 1.00 bits per heavy atom. The number of hydrogen-bond donors (Lipinski definition) is 2. The number of aryl methyl sites for hydroxylation is 1. The van der Waals surface area contributed by atoms with Crippen LogP contribution >= 0.6 is 0 Å². The number of likely N-dealkylation sites (tertiary alicyclic amines) is 1. The van der Waals surface area contributed by atoms with Crippen molar-refractivity contribution in [3.05, 3.63) is 65.7 Å². The molecule has 2 aromatic rings. The molecule has 4 heteroatoms. The molecule has 2 amide bonds. The summed E-state index contributed by atoms with van der Waals surface area (Å²) >= 11 is 0. The summed E-state index contributed by atoms with van der Waals surface area (Å²) in [6.45, 7) is 5.15. The molecule has 1 aliphatic rings. The van der Waals surface area contributed by atoms with Crippen LogP contribution in [-0.4, -0.2) is 30.1 Å². The third kappa shape index (κ3) is 5.33. The number of nitrogens with zero attached hydrogens (tertiary/aromatic N) is 1. The predicted octanol–water partition coefficient (Wildman–Crippen LogP) is 4.04. The van der Waals surface area contributed by atoms with Crippen molar-refractivity contribution < 1.29 is 4.79 Å². The van der Waals surface area contributed by atoms with Gasteiger partial charge in [0.15, 0.2) is 0 Å². The number of nitrogens with one attached hydrogen (secondary N) is 2. The highest BCUT2D eigenvalue weighted by atomic mass is 16.2. The summed E-state index contributed by atoms with van der Waals surface area (Å²) in [7, 11) is 0. The van der Waals surface area contributed by atoms with Gasteiger partial charge in [0.05, 0.1) is 0 Å². The molecule has 0 atom stereocenters. The van der Waals surface area contributed by atoms with Gasteiger partial charge in [-0.15, -0.1) is 0 Å². The molecule has 25 heavy (non-hydrogen) atoms. The van der Waals surface area contributed by atoms with E-state index in [4.69, 9.17) is 0 Å². The Labute approximate surface area is 150 Å². The fourth-order valence-electron chi connectivity index (χ4n) is 3.25. The van der Waals surface area contributed by atoms with Crippen molar-refractivity contribution in [1.29, 1.82) is 0 Å². The number of anilines is 1. The zero-order valence-corrected chi connectivity index (χ0v) is 14.9. The van der Waals surface area contributed by atoms with Crippen LogP contribution in [0.15, 0.2) is 54.6 Å². The van der Waals surface area contributed by atoms with E-state index < -0.39 is 0 Å². The van der Waals surface area contributed by atoms with Crippen molar-refractivity contribution in [2.75, 3.05) is 18.4 Å². The van der Waals surface area contributed by atoms with Crippen molar-refractivity contribution in [3.63, 3.8) is 0 Å². The molecular weight excluding hydrogens is 310 g/mol. The largest absolute Gasteiger partial charge is 0.335 e. The van der Waals surface area contributed by atoms with Crippen LogP contribution in [0.1, 0.15) is 30.9 Å². The minimum Gasteiger partial charge on any atom is -0.335 e. The molecule has 0 radical (unpaired) electrons. The van der Waals surface area contributed by atoms with Gasteiger partial charge in [0.25, 0.3) is 0 Å². The van der Waals surface area contributed by atoms with E-state index in [9.17, 15) is 4.79 Å². The SMILES string of the molecule is CCc1ccc(NC(=O)NC2CCN(Cc3ccccc3)CC2)cc1. The van der Waals surface area contributed by atoms with E-state index in [0.29, 0.717) is 0 Å². The lowest BCUT2D eigenvalue weighted by molar-refractivity contribution is 0.190. The summed E-state index contributed by atoms with van der Waals surface area (Å²) < 4.78 is 0. The predicted molar refractivity (Wildman–Crippen MR) is 103 cm³/mol. The number of hydrogen-bond acceptors (Lipinski definition) is 2. The lowest BCUT2D eigenvalue weighted by atomic mass is 10.0. The lowest BCUT2D eigenvalue weighted by Crippen LogP contribution is -2.45. The highest BCUT2D eigenvalue weighted by Crippen LogP contribution is 2.14. The van der Waals surface area contributed by atoms with Gasteiger partial charge in [-0.1, -0.05) is 49.4 Å². The Balaban J connectivity index is 1.41.